The minimum atomic E-state index is -0.526. The lowest BCUT2D eigenvalue weighted by molar-refractivity contribution is -0.162. The fourth-order valence-corrected chi connectivity index (χ4v) is 3.92. The van der Waals surface area contributed by atoms with E-state index in [9.17, 15) is 9.59 Å². The molecule has 0 bridgehead atoms. The van der Waals surface area contributed by atoms with Gasteiger partial charge in [0, 0.05) is 6.54 Å². The normalized spacial score (nSPS) is 30.4. The molecule has 4 nitrogen and oxygen atoms in total. The van der Waals surface area contributed by atoms with E-state index in [1.165, 1.54) is 19.3 Å². The van der Waals surface area contributed by atoms with Gasteiger partial charge in [-0.1, -0.05) is 39.5 Å². The highest BCUT2D eigenvalue weighted by Gasteiger charge is 2.54. The standard InChI is InChI=1S/C17H28N2O2/c1-3-12(2)14-15(20)19(11-13-7-8-13)17(16(21)18-14)9-5-4-6-10-17/h12-14H,3-11H2,1-2H3,(H,18,21). The van der Waals surface area contributed by atoms with Crippen molar-refractivity contribution < 1.29 is 9.59 Å². The van der Waals surface area contributed by atoms with Gasteiger partial charge in [-0.2, -0.15) is 0 Å². The average Bonchev–Trinajstić information content (AvgIpc) is 3.32. The molecule has 0 radical (unpaired) electrons. The van der Waals surface area contributed by atoms with Gasteiger partial charge in [-0.25, -0.2) is 0 Å². The first-order valence-electron chi connectivity index (χ1n) is 8.71. The predicted molar refractivity (Wildman–Crippen MR) is 81.6 cm³/mol. The second kappa shape index (κ2) is 5.62. The Morgan fingerprint density at radius 3 is 2.48 bits per heavy atom. The third-order valence-corrected chi connectivity index (χ3v) is 5.79. The molecule has 3 fully saturated rings. The van der Waals surface area contributed by atoms with Crippen molar-refractivity contribution in [1.82, 2.24) is 10.2 Å². The molecule has 2 aliphatic carbocycles. The second-order valence-electron chi connectivity index (χ2n) is 7.32. The Morgan fingerprint density at radius 1 is 1.24 bits per heavy atom. The predicted octanol–water partition coefficient (Wildman–Crippen LogP) is 2.47. The molecule has 3 rings (SSSR count). The van der Waals surface area contributed by atoms with Crippen LogP contribution < -0.4 is 5.32 Å². The third kappa shape index (κ3) is 2.58. The topological polar surface area (TPSA) is 49.4 Å². The fourth-order valence-electron chi connectivity index (χ4n) is 3.92. The van der Waals surface area contributed by atoms with Crippen LogP contribution in [0.4, 0.5) is 0 Å². The summed E-state index contributed by atoms with van der Waals surface area (Å²) in [6.07, 6.45) is 8.38. The van der Waals surface area contributed by atoms with Gasteiger partial charge in [0.05, 0.1) is 0 Å². The molecule has 1 spiro atoms. The summed E-state index contributed by atoms with van der Waals surface area (Å²) in [6, 6.07) is -0.311. The van der Waals surface area contributed by atoms with E-state index in [-0.39, 0.29) is 23.8 Å². The maximum absolute atomic E-state index is 13.0. The summed E-state index contributed by atoms with van der Waals surface area (Å²) in [7, 11) is 0. The molecular weight excluding hydrogens is 264 g/mol. The van der Waals surface area contributed by atoms with Crippen LogP contribution in [0.1, 0.15) is 65.2 Å². The number of hydrogen-bond acceptors (Lipinski definition) is 2. The molecule has 1 N–H and O–H groups in total. The summed E-state index contributed by atoms with van der Waals surface area (Å²) in [5.74, 6) is 1.14. The van der Waals surface area contributed by atoms with Crippen LogP contribution in [0, 0.1) is 11.8 Å². The van der Waals surface area contributed by atoms with Crippen molar-refractivity contribution >= 4 is 11.8 Å². The highest BCUT2D eigenvalue weighted by Crippen LogP contribution is 2.41. The molecule has 2 unspecified atom stereocenters. The number of hydrogen-bond donors (Lipinski definition) is 1. The number of piperazine rings is 1. The average molecular weight is 292 g/mol. The molecule has 0 aromatic carbocycles. The maximum Gasteiger partial charge on any atom is 0.246 e. The van der Waals surface area contributed by atoms with Gasteiger partial charge >= 0.3 is 0 Å². The van der Waals surface area contributed by atoms with Crippen molar-refractivity contribution in [3.05, 3.63) is 0 Å². The van der Waals surface area contributed by atoms with Crippen LogP contribution in [-0.2, 0) is 9.59 Å². The van der Waals surface area contributed by atoms with Crippen molar-refractivity contribution in [3.8, 4) is 0 Å². The first-order chi connectivity index (χ1) is 10.1. The van der Waals surface area contributed by atoms with E-state index in [2.05, 4.69) is 19.2 Å². The summed E-state index contributed by atoms with van der Waals surface area (Å²) in [6.45, 7) is 4.95. The SMILES string of the molecule is CCC(C)C1NC(=O)C2(CCCCC2)N(CC2CC2)C1=O. The zero-order valence-corrected chi connectivity index (χ0v) is 13.4. The lowest BCUT2D eigenvalue weighted by Crippen LogP contribution is -2.72. The molecule has 2 amide bonds. The molecular formula is C17H28N2O2. The van der Waals surface area contributed by atoms with Crippen LogP contribution in [-0.4, -0.2) is 34.8 Å². The number of rotatable bonds is 4. The summed E-state index contributed by atoms with van der Waals surface area (Å²) >= 11 is 0. The van der Waals surface area contributed by atoms with Gasteiger partial charge in [-0.3, -0.25) is 9.59 Å². The quantitative estimate of drug-likeness (QED) is 0.865. The minimum absolute atomic E-state index is 0.118. The second-order valence-corrected chi connectivity index (χ2v) is 7.32. The molecule has 1 saturated heterocycles. The van der Waals surface area contributed by atoms with E-state index in [4.69, 9.17) is 0 Å². The summed E-state index contributed by atoms with van der Waals surface area (Å²) in [4.78, 5) is 27.9. The Bertz CT molecular complexity index is 425. The maximum atomic E-state index is 13.0. The molecule has 21 heavy (non-hydrogen) atoms. The van der Waals surface area contributed by atoms with Crippen LogP contribution >= 0.6 is 0 Å². The summed E-state index contributed by atoms with van der Waals surface area (Å²) in [5, 5.41) is 3.07. The van der Waals surface area contributed by atoms with Gasteiger partial charge in [0.25, 0.3) is 0 Å². The molecule has 2 atom stereocenters. The molecule has 0 aromatic heterocycles. The number of nitrogens with one attached hydrogen (secondary N) is 1. The zero-order valence-electron chi connectivity index (χ0n) is 13.4. The lowest BCUT2D eigenvalue weighted by Gasteiger charge is -2.51. The molecule has 2 saturated carbocycles. The van der Waals surface area contributed by atoms with Crippen LogP contribution in [0.25, 0.3) is 0 Å². The molecule has 0 aromatic rings. The third-order valence-electron chi connectivity index (χ3n) is 5.79. The Hall–Kier alpha value is -1.06. The van der Waals surface area contributed by atoms with Crippen molar-refractivity contribution in [2.24, 2.45) is 11.8 Å². The zero-order chi connectivity index (χ0) is 15.0. The van der Waals surface area contributed by atoms with Gasteiger partial charge in [-0.05, 0) is 37.5 Å². The minimum Gasteiger partial charge on any atom is -0.342 e. The van der Waals surface area contributed by atoms with E-state index in [1.54, 1.807) is 0 Å². The first kappa shape index (κ1) is 14.9. The van der Waals surface area contributed by atoms with Crippen LogP contribution in [0.3, 0.4) is 0 Å². The van der Waals surface area contributed by atoms with Crippen LogP contribution in [0.15, 0.2) is 0 Å². The smallest absolute Gasteiger partial charge is 0.246 e. The van der Waals surface area contributed by atoms with Crippen molar-refractivity contribution in [2.45, 2.75) is 76.8 Å². The van der Waals surface area contributed by atoms with E-state index in [1.807, 2.05) is 4.90 Å². The summed E-state index contributed by atoms with van der Waals surface area (Å²) < 4.78 is 0. The van der Waals surface area contributed by atoms with Crippen molar-refractivity contribution in [2.75, 3.05) is 6.54 Å². The van der Waals surface area contributed by atoms with Crippen LogP contribution in [0.2, 0.25) is 0 Å². The first-order valence-corrected chi connectivity index (χ1v) is 8.71. The molecule has 1 heterocycles. The van der Waals surface area contributed by atoms with E-state index < -0.39 is 5.54 Å². The highest BCUT2D eigenvalue weighted by molar-refractivity contribution is 6.00. The number of carbonyl (C=O) groups excluding carboxylic acids is 2. The fraction of sp³-hybridized carbons (Fsp3) is 0.882. The van der Waals surface area contributed by atoms with E-state index in [0.29, 0.717) is 5.92 Å². The van der Waals surface area contributed by atoms with Crippen molar-refractivity contribution in [1.29, 1.82) is 0 Å². The number of nitrogens with zero attached hydrogens (tertiary/aromatic N) is 1. The van der Waals surface area contributed by atoms with E-state index >= 15 is 0 Å². The van der Waals surface area contributed by atoms with Gasteiger partial charge in [0.15, 0.2) is 0 Å². The Kier molecular flexibility index (Phi) is 3.98. The van der Waals surface area contributed by atoms with Gasteiger partial charge in [0.2, 0.25) is 11.8 Å². The van der Waals surface area contributed by atoms with Crippen LogP contribution in [0.5, 0.6) is 0 Å². The molecule has 118 valence electrons. The molecule has 1 aliphatic heterocycles. The lowest BCUT2D eigenvalue weighted by atomic mass is 9.76. The highest BCUT2D eigenvalue weighted by atomic mass is 16.2. The molecule has 4 heteroatoms. The Labute approximate surface area is 127 Å². The number of amides is 2. The van der Waals surface area contributed by atoms with Gasteiger partial charge < -0.3 is 10.2 Å². The summed E-state index contributed by atoms with van der Waals surface area (Å²) in [5.41, 5.74) is -0.526. The largest absolute Gasteiger partial charge is 0.342 e. The monoisotopic (exact) mass is 292 g/mol. The van der Waals surface area contributed by atoms with Gasteiger partial charge in [-0.15, -0.1) is 0 Å². The van der Waals surface area contributed by atoms with E-state index in [0.717, 1.165) is 38.6 Å². The van der Waals surface area contributed by atoms with Crippen molar-refractivity contribution in [3.63, 3.8) is 0 Å². The molecule has 3 aliphatic rings. The number of carbonyl (C=O) groups is 2. The Balaban J connectivity index is 1.88. The Morgan fingerprint density at radius 2 is 1.90 bits per heavy atom. The van der Waals surface area contributed by atoms with Gasteiger partial charge in [0.1, 0.15) is 11.6 Å².